The fourth-order valence-electron chi connectivity index (χ4n) is 2.26. The predicted octanol–water partition coefficient (Wildman–Crippen LogP) is 2.05. The molecule has 0 aromatic heterocycles. The molecule has 1 aromatic carbocycles. The smallest absolute Gasteiger partial charge is 0.420 e. The van der Waals surface area contributed by atoms with Crippen LogP contribution < -0.4 is 3.89 Å². The molecule has 8 heteroatoms. The average molecular weight is 305 g/mol. The third kappa shape index (κ3) is 2.49. The van der Waals surface area contributed by atoms with Crippen LogP contribution in [0.15, 0.2) is 6.07 Å². The Kier molecular flexibility index (Phi) is 3.71. The first-order chi connectivity index (χ1) is 9.19. The summed E-state index contributed by atoms with van der Waals surface area (Å²) < 4.78 is 52.2. The Morgan fingerprint density at radius 1 is 1.50 bits per heavy atom. The lowest BCUT2D eigenvalue weighted by Gasteiger charge is -2.40. The van der Waals surface area contributed by atoms with Crippen molar-refractivity contribution in [3.05, 3.63) is 29.1 Å². The van der Waals surface area contributed by atoms with Crippen LogP contribution in [0.5, 0.6) is 0 Å². The van der Waals surface area contributed by atoms with Crippen LogP contribution in [-0.2, 0) is 19.0 Å². The first-order valence-corrected chi connectivity index (χ1v) is 6.04. The summed E-state index contributed by atoms with van der Waals surface area (Å²) in [5.41, 5.74) is -2.92. The molecule has 0 spiro atoms. The maximum absolute atomic E-state index is 14.2. The van der Waals surface area contributed by atoms with Crippen LogP contribution in [0.3, 0.4) is 0 Å². The highest BCUT2D eigenvalue weighted by atomic mass is 32.1. The normalized spacial score (nSPS) is 26.6. The monoisotopic (exact) mass is 305 g/mol. The molecule has 2 unspecified atom stereocenters. The molecule has 0 amide bonds. The van der Waals surface area contributed by atoms with Gasteiger partial charge in [0, 0.05) is 6.42 Å². The van der Waals surface area contributed by atoms with Crippen molar-refractivity contribution in [1.29, 1.82) is 5.26 Å². The molecule has 2 rings (SSSR count). The zero-order valence-electron chi connectivity index (χ0n) is 10.0. The van der Waals surface area contributed by atoms with E-state index in [4.69, 9.17) is 18.1 Å². The molecule has 20 heavy (non-hydrogen) atoms. The first kappa shape index (κ1) is 15.1. The van der Waals surface area contributed by atoms with Crippen molar-refractivity contribution in [1.82, 2.24) is 3.89 Å². The fourth-order valence-corrected chi connectivity index (χ4v) is 2.67. The fraction of sp³-hybridized carbons (Fsp3) is 0.417. The van der Waals surface area contributed by atoms with E-state index >= 15 is 0 Å². The maximum Gasteiger partial charge on any atom is 0.420 e. The van der Waals surface area contributed by atoms with E-state index in [0.717, 1.165) is 6.07 Å². The van der Waals surface area contributed by atoms with Crippen LogP contribution in [0, 0.1) is 23.2 Å². The molecular weight excluding hydrogens is 296 g/mol. The van der Waals surface area contributed by atoms with Crippen LogP contribution in [-0.4, -0.2) is 24.3 Å². The summed E-state index contributed by atoms with van der Waals surface area (Å²) >= 11 is 5.12. The van der Waals surface area contributed by atoms with Gasteiger partial charge in [-0.15, -0.1) is 0 Å². The predicted molar refractivity (Wildman–Crippen MR) is 64.5 cm³/mol. The van der Waals surface area contributed by atoms with Crippen LogP contribution in [0.4, 0.5) is 23.2 Å². The Morgan fingerprint density at radius 3 is 2.60 bits per heavy atom. The topological polar surface area (TPSA) is 44.0 Å². The highest BCUT2D eigenvalue weighted by molar-refractivity contribution is 7.58. The molecule has 107 valence electrons. The average Bonchev–Trinajstić information content (AvgIpc) is 2.67. The van der Waals surface area contributed by atoms with Crippen LogP contribution in [0.2, 0.25) is 0 Å². The minimum atomic E-state index is -4.99. The zero-order valence-corrected chi connectivity index (χ0v) is 10.9. The molecule has 0 saturated carbocycles. The summed E-state index contributed by atoms with van der Waals surface area (Å²) in [6.07, 6.45) is -5.51. The highest BCUT2D eigenvalue weighted by Gasteiger charge is 2.42. The Bertz CT molecular complexity index is 584. The van der Waals surface area contributed by atoms with Gasteiger partial charge < -0.3 is 21.8 Å². The zero-order chi connectivity index (χ0) is 15.1. The molecule has 2 atom stereocenters. The van der Waals surface area contributed by atoms with Crippen LogP contribution in [0.25, 0.3) is 0 Å². The van der Waals surface area contributed by atoms with Gasteiger partial charge in [-0.25, -0.2) is 0 Å². The van der Waals surface area contributed by atoms with Gasteiger partial charge in [0.2, 0.25) is 0 Å². The number of rotatable bonds is 1. The Morgan fingerprint density at radius 2 is 2.15 bits per heavy atom. The number of halogens is 4. The molecule has 0 bridgehead atoms. The summed E-state index contributed by atoms with van der Waals surface area (Å²) in [5, 5.41) is 18.1. The van der Waals surface area contributed by atoms with Gasteiger partial charge in [0.15, 0.2) is 11.5 Å². The van der Waals surface area contributed by atoms with Gasteiger partial charge >= 0.3 is 6.18 Å². The second-order valence-electron chi connectivity index (χ2n) is 4.59. The van der Waals surface area contributed by atoms with Gasteiger partial charge in [0.1, 0.15) is 11.7 Å². The molecule has 0 aliphatic carbocycles. The van der Waals surface area contributed by atoms with Gasteiger partial charge in [-0.2, -0.15) is 22.8 Å². The van der Waals surface area contributed by atoms with E-state index in [1.54, 1.807) is 0 Å². The minimum Gasteiger partial charge on any atom is -0.488 e. The van der Waals surface area contributed by atoms with Gasteiger partial charge in [0.25, 0.3) is 0 Å². The number of nitriles is 1. The van der Waals surface area contributed by atoms with Crippen molar-refractivity contribution in [2.75, 3.05) is 13.1 Å². The number of hydrogen-bond acceptors (Lipinski definition) is 3. The summed E-state index contributed by atoms with van der Waals surface area (Å²) in [4.78, 5) is 0. The van der Waals surface area contributed by atoms with E-state index in [1.165, 1.54) is 6.07 Å². The Balaban J connectivity index is 2.61. The minimum absolute atomic E-state index is 0.0635. The molecule has 1 radical (unpaired) electrons. The van der Waals surface area contributed by atoms with E-state index in [1.807, 2.05) is 0 Å². The molecular formula is C12H9F4N2OS. The van der Waals surface area contributed by atoms with Gasteiger partial charge in [-0.1, -0.05) is 0 Å². The van der Waals surface area contributed by atoms with E-state index in [0.29, 0.717) is 0 Å². The molecule has 3 nitrogen and oxygen atoms in total. The molecule has 1 N–H and O–H groups in total. The summed E-state index contributed by atoms with van der Waals surface area (Å²) in [6, 6.07) is 4.42. The number of hydrogen-bond donors (Lipinski definition) is 1. The molecule has 1 heterocycles. The summed E-state index contributed by atoms with van der Waals surface area (Å²) in [5.74, 6) is -1.58. The molecule has 1 aliphatic heterocycles. The number of aliphatic hydroxyl groups excluding tert-OH is 1. The van der Waals surface area contributed by atoms with Crippen LogP contribution in [0.1, 0.15) is 17.5 Å². The second kappa shape index (κ2) is 4.91. The number of quaternary nitrogens is 1. The van der Waals surface area contributed by atoms with Crippen molar-refractivity contribution < 1.29 is 22.7 Å². The van der Waals surface area contributed by atoms with Gasteiger partial charge in [0.05, 0.1) is 30.8 Å². The van der Waals surface area contributed by atoms with E-state index < -0.39 is 38.8 Å². The van der Waals surface area contributed by atoms with Crippen molar-refractivity contribution in [2.24, 2.45) is 0 Å². The van der Waals surface area contributed by atoms with Gasteiger partial charge in [-0.3, -0.25) is 0 Å². The first-order valence-electron chi connectivity index (χ1n) is 5.67. The van der Waals surface area contributed by atoms with Crippen LogP contribution >= 0.6 is 0 Å². The van der Waals surface area contributed by atoms with E-state index in [-0.39, 0.29) is 19.5 Å². The SMILES string of the molecule is N#Cc1c[c]c([N+]2([S-])CCC(O)C2)c(F)c1C(F)(F)F. The van der Waals surface area contributed by atoms with Crippen molar-refractivity contribution >= 4 is 18.5 Å². The van der Waals surface area contributed by atoms with Gasteiger partial charge in [-0.05, 0) is 6.07 Å². The van der Waals surface area contributed by atoms with E-state index in [9.17, 15) is 22.7 Å². The lowest BCUT2D eigenvalue weighted by Crippen LogP contribution is -2.42. The number of aliphatic hydroxyl groups is 1. The molecule has 1 fully saturated rings. The lowest BCUT2D eigenvalue weighted by molar-refractivity contribution is -0.140. The Hall–Kier alpha value is -1.30. The third-order valence-electron chi connectivity index (χ3n) is 3.19. The molecule has 1 saturated heterocycles. The molecule has 1 aromatic rings. The van der Waals surface area contributed by atoms with Crippen molar-refractivity contribution in [2.45, 2.75) is 18.7 Å². The lowest BCUT2D eigenvalue weighted by atomic mass is 10.1. The second-order valence-corrected chi connectivity index (χ2v) is 5.29. The Labute approximate surface area is 118 Å². The highest BCUT2D eigenvalue weighted by Crippen LogP contribution is 2.40. The quantitative estimate of drug-likeness (QED) is 0.491. The standard InChI is InChI=1S/C12H9F4N2OS/c13-11-9(18(20)4-3-8(19)6-18)2-1-7(5-17)10(11)12(14,15)16/h1,8,19H,3-4,6H2. The van der Waals surface area contributed by atoms with Crippen molar-refractivity contribution in [3.63, 3.8) is 0 Å². The third-order valence-corrected chi connectivity index (χ3v) is 3.70. The maximum atomic E-state index is 14.2. The molecule has 1 aliphatic rings. The number of nitrogens with zero attached hydrogens (tertiary/aromatic N) is 2. The van der Waals surface area contributed by atoms with E-state index in [2.05, 4.69) is 6.07 Å². The number of benzene rings is 1. The number of alkyl halides is 3. The summed E-state index contributed by atoms with van der Waals surface area (Å²) in [6.45, 7) is 0.0685. The van der Waals surface area contributed by atoms with Crippen molar-refractivity contribution in [3.8, 4) is 6.07 Å². The largest absolute Gasteiger partial charge is 0.488 e. The summed E-state index contributed by atoms with van der Waals surface area (Å²) in [7, 11) is 0.